The first-order valence-corrected chi connectivity index (χ1v) is 7.06. The molecular weight excluding hydrogens is 316 g/mol. The van der Waals surface area contributed by atoms with Gasteiger partial charge in [0.05, 0.1) is 19.4 Å². The second-order valence-corrected chi connectivity index (χ2v) is 4.47. The molecule has 0 spiro atoms. The summed E-state index contributed by atoms with van der Waals surface area (Å²) < 4.78 is 5.43. The Kier molecular flexibility index (Phi) is 5.83. The Morgan fingerprint density at radius 2 is 2.17 bits per heavy atom. The number of rotatable bonds is 7. The van der Waals surface area contributed by atoms with Crippen molar-refractivity contribution in [1.29, 1.82) is 0 Å². The summed E-state index contributed by atoms with van der Waals surface area (Å²) in [4.78, 5) is 35.8. The average molecular weight is 332 g/mol. The number of para-hydroxylation sites is 1. The molecule has 1 aromatic heterocycles. The third-order valence-corrected chi connectivity index (χ3v) is 2.74. The van der Waals surface area contributed by atoms with Gasteiger partial charge in [0, 0.05) is 5.56 Å². The third kappa shape index (κ3) is 4.80. The van der Waals surface area contributed by atoms with Gasteiger partial charge in [0.25, 0.3) is 11.5 Å². The molecule has 0 radical (unpaired) electrons. The molecule has 0 unspecified atom stereocenters. The van der Waals surface area contributed by atoms with Crippen molar-refractivity contribution in [2.45, 2.75) is 6.92 Å². The predicted octanol–water partition coefficient (Wildman–Crippen LogP) is -0.581. The molecule has 0 fully saturated rings. The van der Waals surface area contributed by atoms with Crippen LogP contribution in [0.15, 0.2) is 39.0 Å². The maximum absolute atomic E-state index is 11.7. The van der Waals surface area contributed by atoms with Gasteiger partial charge in [-0.2, -0.15) is 5.10 Å². The van der Waals surface area contributed by atoms with Crippen LogP contribution in [0.1, 0.15) is 12.5 Å². The standard InChI is InChI=1S/C14H16N6O4/c1-2-24-10-6-4-3-5-9(10)7-16-18-11(21)8-15-12-13(22)17-14(23)20-19-12/h3-7H,2,8H2,1H3,(H,15,19)(H,18,21)(H2,17,20,22,23)/b16-7-. The van der Waals surface area contributed by atoms with Gasteiger partial charge in [0.15, 0.2) is 0 Å². The zero-order valence-corrected chi connectivity index (χ0v) is 12.8. The molecule has 10 nitrogen and oxygen atoms in total. The predicted molar refractivity (Wildman–Crippen MR) is 87.3 cm³/mol. The second kappa shape index (κ2) is 8.27. The third-order valence-electron chi connectivity index (χ3n) is 2.74. The van der Waals surface area contributed by atoms with E-state index in [-0.39, 0.29) is 12.4 Å². The molecule has 0 bridgehead atoms. The molecule has 0 saturated carbocycles. The molecule has 1 amide bonds. The Balaban J connectivity index is 1.89. The smallest absolute Gasteiger partial charge is 0.342 e. The maximum atomic E-state index is 11.7. The summed E-state index contributed by atoms with van der Waals surface area (Å²) in [5.41, 5.74) is 1.57. The summed E-state index contributed by atoms with van der Waals surface area (Å²) in [6, 6.07) is 7.24. The van der Waals surface area contributed by atoms with Crippen molar-refractivity contribution >= 4 is 17.9 Å². The van der Waals surface area contributed by atoms with Crippen molar-refractivity contribution in [3.63, 3.8) is 0 Å². The zero-order chi connectivity index (χ0) is 17.4. The van der Waals surface area contributed by atoms with Crippen LogP contribution < -0.4 is 26.7 Å². The fourth-order valence-corrected chi connectivity index (χ4v) is 1.72. The summed E-state index contributed by atoms with van der Waals surface area (Å²) in [5.74, 6) is -0.0111. The van der Waals surface area contributed by atoms with Gasteiger partial charge in [-0.3, -0.25) is 14.6 Å². The molecule has 1 heterocycles. The van der Waals surface area contributed by atoms with Gasteiger partial charge in [-0.1, -0.05) is 12.1 Å². The highest BCUT2D eigenvalue weighted by Crippen LogP contribution is 2.15. The Morgan fingerprint density at radius 1 is 1.38 bits per heavy atom. The van der Waals surface area contributed by atoms with Crippen molar-refractivity contribution < 1.29 is 9.53 Å². The largest absolute Gasteiger partial charge is 0.493 e. The number of hydrogen-bond donors (Lipinski definition) is 4. The van der Waals surface area contributed by atoms with Crippen LogP contribution in [0.4, 0.5) is 5.82 Å². The van der Waals surface area contributed by atoms with E-state index in [0.717, 1.165) is 0 Å². The van der Waals surface area contributed by atoms with Gasteiger partial charge in [-0.15, -0.1) is 5.10 Å². The van der Waals surface area contributed by atoms with Crippen LogP contribution in [0.3, 0.4) is 0 Å². The molecule has 0 atom stereocenters. The lowest BCUT2D eigenvalue weighted by molar-refractivity contribution is -0.119. The van der Waals surface area contributed by atoms with E-state index in [1.165, 1.54) is 6.21 Å². The van der Waals surface area contributed by atoms with E-state index in [1.54, 1.807) is 12.1 Å². The van der Waals surface area contributed by atoms with E-state index >= 15 is 0 Å². The molecule has 10 heteroatoms. The summed E-state index contributed by atoms with van der Waals surface area (Å²) in [7, 11) is 0. The van der Waals surface area contributed by atoms with Crippen LogP contribution in [-0.2, 0) is 4.79 Å². The number of ether oxygens (including phenoxy) is 1. The number of hydrazone groups is 1. The number of anilines is 1. The fourth-order valence-electron chi connectivity index (χ4n) is 1.72. The van der Waals surface area contributed by atoms with Gasteiger partial charge in [0.1, 0.15) is 5.75 Å². The van der Waals surface area contributed by atoms with Crippen molar-refractivity contribution in [2.75, 3.05) is 18.5 Å². The molecule has 0 aliphatic heterocycles. The molecule has 0 aliphatic carbocycles. The number of benzene rings is 1. The fraction of sp³-hybridized carbons (Fsp3) is 0.214. The number of H-pyrrole nitrogens is 2. The average Bonchev–Trinajstić information content (AvgIpc) is 2.56. The Hall–Kier alpha value is -3.43. The highest BCUT2D eigenvalue weighted by molar-refractivity contribution is 5.86. The molecule has 4 N–H and O–H groups in total. The van der Waals surface area contributed by atoms with Crippen LogP contribution in [-0.4, -0.2) is 40.5 Å². The minimum Gasteiger partial charge on any atom is -0.493 e. The van der Waals surface area contributed by atoms with Crippen molar-refractivity contribution in [1.82, 2.24) is 20.6 Å². The molecule has 2 aromatic rings. The molecule has 126 valence electrons. The Morgan fingerprint density at radius 3 is 2.92 bits per heavy atom. The number of carbonyl (C=O) groups is 1. The lowest BCUT2D eigenvalue weighted by atomic mass is 10.2. The van der Waals surface area contributed by atoms with E-state index in [9.17, 15) is 14.4 Å². The first kappa shape index (κ1) is 16.9. The van der Waals surface area contributed by atoms with Crippen LogP contribution in [0.2, 0.25) is 0 Å². The van der Waals surface area contributed by atoms with E-state index in [1.807, 2.05) is 29.1 Å². The SMILES string of the molecule is CCOc1ccccc1/C=N\NC(=O)CNc1n[nH]c(=O)[nH]c1=O. The summed E-state index contributed by atoms with van der Waals surface area (Å²) in [5, 5.41) is 11.8. The van der Waals surface area contributed by atoms with E-state index < -0.39 is 17.2 Å². The second-order valence-electron chi connectivity index (χ2n) is 4.47. The minimum absolute atomic E-state index is 0.171. The van der Waals surface area contributed by atoms with Gasteiger partial charge in [-0.05, 0) is 19.1 Å². The number of carbonyl (C=O) groups excluding carboxylic acids is 1. The van der Waals surface area contributed by atoms with Crippen molar-refractivity contribution in [2.24, 2.45) is 5.10 Å². The first-order chi connectivity index (χ1) is 11.6. The van der Waals surface area contributed by atoms with Crippen LogP contribution in [0, 0.1) is 0 Å². The van der Waals surface area contributed by atoms with Crippen LogP contribution in [0.25, 0.3) is 0 Å². The molecule has 24 heavy (non-hydrogen) atoms. The van der Waals surface area contributed by atoms with Gasteiger partial charge >= 0.3 is 5.69 Å². The normalized spacial score (nSPS) is 10.5. The van der Waals surface area contributed by atoms with E-state index in [0.29, 0.717) is 17.9 Å². The van der Waals surface area contributed by atoms with Crippen LogP contribution in [0.5, 0.6) is 5.75 Å². The Bertz CT molecular complexity index is 841. The highest BCUT2D eigenvalue weighted by Gasteiger charge is 2.05. The van der Waals surface area contributed by atoms with E-state index in [4.69, 9.17) is 4.74 Å². The summed E-state index contributed by atoms with van der Waals surface area (Å²) in [6.07, 6.45) is 1.45. The van der Waals surface area contributed by atoms with Crippen molar-refractivity contribution in [3.8, 4) is 5.75 Å². The lowest BCUT2D eigenvalue weighted by Crippen LogP contribution is -2.31. The zero-order valence-electron chi connectivity index (χ0n) is 12.8. The number of nitrogens with one attached hydrogen (secondary N) is 4. The molecule has 0 saturated heterocycles. The maximum Gasteiger partial charge on any atom is 0.342 e. The number of aromatic amines is 2. The highest BCUT2D eigenvalue weighted by atomic mass is 16.5. The monoisotopic (exact) mass is 332 g/mol. The van der Waals surface area contributed by atoms with E-state index in [2.05, 4.69) is 20.9 Å². The van der Waals surface area contributed by atoms with Crippen molar-refractivity contribution in [3.05, 3.63) is 50.7 Å². The van der Waals surface area contributed by atoms with Crippen LogP contribution >= 0.6 is 0 Å². The molecule has 1 aromatic carbocycles. The molecule has 0 aliphatic rings. The van der Waals surface area contributed by atoms with Gasteiger partial charge in [0.2, 0.25) is 5.82 Å². The lowest BCUT2D eigenvalue weighted by Gasteiger charge is -2.06. The molecule has 2 rings (SSSR count). The summed E-state index contributed by atoms with van der Waals surface area (Å²) in [6.45, 7) is 2.14. The van der Waals surface area contributed by atoms with Gasteiger partial charge in [-0.25, -0.2) is 15.3 Å². The number of nitrogens with zero attached hydrogens (tertiary/aromatic N) is 2. The summed E-state index contributed by atoms with van der Waals surface area (Å²) >= 11 is 0. The minimum atomic E-state index is -0.729. The number of amides is 1. The first-order valence-electron chi connectivity index (χ1n) is 7.06. The quantitative estimate of drug-likeness (QED) is 0.395. The number of aromatic nitrogens is 3. The van der Waals surface area contributed by atoms with Gasteiger partial charge < -0.3 is 10.1 Å². The Labute approximate surface area is 136 Å². The topological polar surface area (TPSA) is 141 Å². The number of hydrogen-bond acceptors (Lipinski definition) is 7. The molecular formula is C14H16N6O4.